The number of nitrogens with zero attached hydrogens (tertiary/aromatic N) is 5. The number of amides is 2. The van der Waals surface area contributed by atoms with E-state index in [4.69, 9.17) is 5.73 Å². The van der Waals surface area contributed by atoms with Crippen molar-refractivity contribution >= 4 is 22.9 Å². The van der Waals surface area contributed by atoms with Gasteiger partial charge in [-0.05, 0) is 12.1 Å². The highest BCUT2D eigenvalue weighted by molar-refractivity contribution is 6.01. The van der Waals surface area contributed by atoms with Crippen molar-refractivity contribution in [1.82, 2.24) is 24.5 Å². The maximum absolute atomic E-state index is 14.4. The van der Waals surface area contributed by atoms with E-state index in [2.05, 4.69) is 10.2 Å². The van der Waals surface area contributed by atoms with Crippen LogP contribution in [0.15, 0.2) is 18.3 Å². The summed E-state index contributed by atoms with van der Waals surface area (Å²) in [6.45, 7) is 0.528. The van der Waals surface area contributed by atoms with E-state index in [1.807, 2.05) is 0 Å². The standard InChI is InChI=1S/C16H15FN6O3/c1-21-6-9-10(17)4-8(5-11(9)19-21)14-13(15(18)24)12-7-22(16(25)26)2-3-23(12)20-14/h4-6H,2-3,7H2,1H3,(H2,18,24)(H,25,26). The molecule has 0 unspecified atom stereocenters. The molecular formula is C16H15FN6O3. The van der Waals surface area contributed by atoms with Gasteiger partial charge in [0.1, 0.15) is 11.5 Å². The lowest BCUT2D eigenvalue weighted by molar-refractivity contribution is 0.0993. The summed E-state index contributed by atoms with van der Waals surface area (Å²) in [5.41, 5.74) is 7.05. The molecule has 0 bridgehead atoms. The van der Waals surface area contributed by atoms with Crippen LogP contribution >= 0.6 is 0 Å². The highest BCUT2D eigenvalue weighted by Gasteiger charge is 2.29. The summed E-state index contributed by atoms with van der Waals surface area (Å²) < 4.78 is 17.5. The number of carbonyl (C=O) groups is 2. The molecule has 0 saturated carbocycles. The molecule has 1 aliphatic heterocycles. The van der Waals surface area contributed by atoms with Gasteiger partial charge in [0.05, 0.1) is 35.2 Å². The predicted octanol–water partition coefficient (Wildman–Crippen LogP) is 1.17. The van der Waals surface area contributed by atoms with Gasteiger partial charge in [0, 0.05) is 25.4 Å². The smallest absolute Gasteiger partial charge is 0.407 e. The van der Waals surface area contributed by atoms with Crippen LogP contribution in [-0.2, 0) is 20.1 Å². The Bertz CT molecular complexity index is 1070. The summed E-state index contributed by atoms with van der Waals surface area (Å²) in [7, 11) is 1.68. The van der Waals surface area contributed by atoms with Crippen molar-refractivity contribution in [2.45, 2.75) is 13.1 Å². The first-order chi connectivity index (χ1) is 12.3. The molecule has 3 heterocycles. The van der Waals surface area contributed by atoms with Gasteiger partial charge in [0.2, 0.25) is 0 Å². The van der Waals surface area contributed by atoms with Gasteiger partial charge in [-0.2, -0.15) is 10.2 Å². The fourth-order valence-electron chi connectivity index (χ4n) is 3.28. The van der Waals surface area contributed by atoms with Gasteiger partial charge in [0.25, 0.3) is 5.91 Å². The summed E-state index contributed by atoms with van der Waals surface area (Å²) in [5.74, 6) is -1.23. The van der Waals surface area contributed by atoms with E-state index in [1.165, 1.54) is 15.6 Å². The first-order valence-corrected chi connectivity index (χ1v) is 7.85. The minimum absolute atomic E-state index is 0.00504. The van der Waals surface area contributed by atoms with Crippen LogP contribution in [0.1, 0.15) is 16.1 Å². The van der Waals surface area contributed by atoms with Gasteiger partial charge in [0.15, 0.2) is 0 Å². The minimum atomic E-state index is -1.09. The van der Waals surface area contributed by atoms with Gasteiger partial charge in [-0.15, -0.1) is 0 Å². The third kappa shape index (κ3) is 2.38. The fourth-order valence-corrected chi connectivity index (χ4v) is 3.28. The molecule has 134 valence electrons. The van der Waals surface area contributed by atoms with Crippen molar-refractivity contribution < 1.29 is 19.1 Å². The average Bonchev–Trinajstić information content (AvgIpc) is 3.13. The van der Waals surface area contributed by atoms with Crippen LogP contribution < -0.4 is 5.73 Å². The second-order valence-corrected chi connectivity index (χ2v) is 6.16. The molecule has 0 aliphatic carbocycles. The summed E-state index contributed by atoms with van der Waals surface area (Å²) in [5, 5.41) is 18.1. The summed E-state index contributed by atoms with van der Waals surface area (Å²) in [6, 6.07) is 2.91. The largest absolute Gasteiger partial charge is 0.465 e. The summed E-state index contributed by atoms with van der Waals surface area (Å²) in [6.07, 6.45) is 0.474. The Kier molecular flexibility index (Phi) is 3.43. The second-order valence-electron chi connectivity index (χ2n) is 6.16. The fraction of sp³-hybridized carbons (Fsp3) is 0.250. The Balaban J connectivity index is 1.90. The molecule has 9 nitrogen and oxygen atoms in total. The molecule has 0 radical (unpaired) electrons. The Morgan fingerprint density at radius 2 is 2.04 bits per heavy atom. The van der Waals surface area contributed by atoms with Gasteiger partial charge in [-0.1, -0.05) is 0 Å². The number of carbonyl (C=O) groups excluding carboxylic acids is 1. The number of aromatic nitrogens is 4. The van der Waals surface area contributed by atoms with Crippen molar-refractivity contribution in [3.8, 4) is 11.3 Å². The number of benzene rings is 1. The minimum Gasteiger partial charge on any atom is -0.465 e. The highest BCUT2D eigenvalue weighted by atomic mass is 19.1. The number of aryl methyl sites for hydroxylation is 1. The van der Waals surface area contributed by atoms with Crippen molar-refractivity contribution in [3.63, 3.8) is 0 Å². The van der Waals surface area contributed by atoms with E-state index < -0.39 is 17.8 Å². The van der Waals surface area contributed by atoms with Crippen LogP contribution in [0.2, 0.25) is 0 Å². The Morgan fingerprint density at radius 3 is 2.73 bits per heavy atom. The molecule has 0 saturated heterocycles. The Hall–Kier alpha value is -3.43. The molecule has 0 fully saturated rings. The van der Waals surface area contributed by atoms with Crippen molar-refractivity contribution in [2.24, 2.45) is 12.8 Å². The van der Waals surface area contributed by atoms with Crippen LogP contribution in [0.5, 0.6) is 0 Å². The Labute approximate surface area is 146 Å². The Morgan fingerprint density at radius 1 is 1.27 bits per heavy atom. The van der Waals surface area contributed by atoms with Gasteiger partial charge in [-0.3, -0.25) is 14.2 Å². The molecule has 26 heavy (non-hydrogen) atoms. The van der Waals surface area contributed by atoms with E-state index in [0.29, 0.717) is 22.2 Å². The molecule has 10 heteroatoms. The molecule has 2 amide bonds. The van der Waals surface area contributed by atoms with E-state index in [9.17, 15) is 19.1 Å². The third-order valence-corrected chi connectivity index (χ3v) is 4.46. The summed E-state index contributed by atoms with van der Waals surface area (Å²) >= 11 is 0. The average molecular weight is 358 g/mol. The van der Waals surface area contributed by atoms with Crippen molar-refractivity contribution in [3.05, 3.63) is 35.4 Å². The molecule has 0 spiro atoms. The van der Waals surface area contributed by atoms with Crippen molar-refractivity contribution in [2.75, 3.05) is 6.54 Å². The van der Waals surface area contributed by atoms with Gasteiger partial charge in [-0.25, -0.2) is 9.18 Å². The zero-order valence-corrected chi connectivity index (χ0v) is 13.8. The van der Waals surface area contributed by atoms with Crippen LogP contribution in [0.3, 0.4) is 0 Å². The number of hydrogen-bond acceptors (Lipinski definition) is 4. The van der Waals surface area contributed by atoms with Gasteiger partial charge >= 0.3 is 6.09 Å². The van der Waals surface area contributed by atoms with Crippen molar-refractivity contribution in [1.29, 1.82) is 0 Å². The first-order valence-electron chi connectivity index (χ1n) is 7.85. The van der Waals surface area contributed by atoms with E-state index in [1.54, 1.807) is 24.0 Å². The summed E-state index contributed by atoms with van der Waals surface area (Å²) in [4.78, 5) is 24.5. The van der Waals surface area contributed by atoms with E-state index >= 15 is 0 Å². The molecule has 1 aliphatic rings. The predicted molar refractivity (Wildman–Crippen MR) is 88.8 cm³/mol. The number of rotatable bonds is 2. The maximum atomic E-state index is 14.4. The molecule has 4 rings (SSSR count). The number of hydrogen-bond donors (Lipinski definition) is 2. The maximum Gasteiger partial charge on any atom is 0.407 e. The highest BCUT2D eigenvalue weighted by Crippen LogP contribution is 2.31. The first kappa shape index (κ1) is 16.1. The normalized spacial score (nSPS) is 13.8. The number of fused-ring (bicyclic) bond motifs is 2. The van der Waals surface area contributed by atoms with E-state index in [-0.39, 0.29) is 30.9 Å². The third-order valence-electron chi connectivity index (χ3n) is 4.46. The number of carboxylic acid groups (broad SMARTS) is 1. The second kappa shape index (κ2) is 5.55. The lowest BCUT2D eigenvalue weighted by atomic mass is 10.0. The lowest BCUT2D eigenvalue weighted by Gasteiger charge is -2.25. The number of primary amides is 1. The van der Waals surface area contributed by atoms with Crippen LogP contribution in [0.25, 0.3) is 22.2 Å². The quantitative estimate of drug-likeness (QED) is 0.713. The lowest BCUT2D eigenvalue weighted by Crippen LogP contribution is -2.38. The number of nitrogens with two attached hydrogens (primary N) is 1. The zero-order chi connectivity index (χ0) is 18.6. The van der Waals surface area contributed by atoms with Crippen LogP contribution in [-0.4, -0.2) is 48.1 Å². The van der Waals surface area contributed by atoms with Crippen LogP contribution in [0, 0.1) is 5.82 Å². The monoisotopic (exact) mass is 358 g/mol. The number of halogens is 1. The van der Waals surface area contributed by atoms with E-state index in [0.717, 1.165) is 0 Å². The molecule has 3 aromatic rings. The molecular weight excluding hydrogens is 343 g/mol. The SMILES string of the molecule is Cn1cc2c(F)cc(-c3nn4c(c3C(N)=O)CN(C(=O)O)CC4)cc2n1. The topological polar surface area (TPSA) is 119 Å². The molecule has 0 atom stereocenters. The molecule has 3 N–H and O–H groups in total. The van der Waals surface area contributed by atoms with Crippen LogP contribution in [0.4, 0.5) is 9.18 Å². The molecule has 1 aromatic carbocycles. The van der Waals surface area contributed by atoms with Gasteiger partial charge < -0.3 is 15.7 Å². The molecule has 2 aromatic heterocycles. The zero-order valence-electron chi connectivity index (χ0n) is 13.8.